The normalized spacial score (nSPS) is 21.3. The third-order valence-electron chi connectivity index (χ3n) is 0.622. The highest BCUT2D eigenvalue weighted by molar-refractivity contribution is 5.60. The number of nitrogens with one attached hydrogen (secondary N) is 1. The van der Waals surface area contributed by atoms with Crippen LogP contribution in [0.25, 0.3) is 0 Å². The first-order chi connectivity index (χ1) is 3.00. The monoisotopic (exact) mass is 82.1 g/mol. The Morgan fingerprint density at radius 2 is 2.83 bits per heavy atom. The highest BCUT2D eigenvalue weighted by Gasteiger charge is 1.87. The summed E-state index contributed by atoms with van der Waals surface area (Å²) in [6.45, 7) is 4.44. The van der Waals surface area contributed by atoms with E-state index in [9.17, 15) is 0 Å². The first kappa shape index (κ1) is 3.81. The zero-order valence-electron chi connectivity index (χ0n) is 3.44. The quantitative estimate of drug-likeness (QED) is 0.426. The molecule has 1 heterocycles. The molecule has 1 rings (SSSR count). The van der Waals surface area contributed by atoms with Gasteiger partial charge in [-0.2, -0.15) is 0 Å². The summed E-state index contributed by atoms with van der Waals surface area (Å²) in [7, 11) is 0. The van der Waals surface area contributed by atoms with E-state index in [0.717, 1.165) is 13.1 Å². The average molecular weight is 82.1 g/mol. The Kier molecular flexibility index (Phi) is 1.22. The zero-order chi connectivity index (χ0) is 4.24. The first-order valence-corrected chi connectivity index (χ1v) is 1.95. The topological polar surface area (TPSA) is 24.4 Å². The van der Waals surface area contributed by atoms with Crippen molar-refractivity contribution in [1.29, 1.82) is 0 Å². The van der Waals surface area contributed by atoms with Crippen molar-refractivity contribution in [3.63, 3.8) is 0 Å². The number of nitrogens with zero attached hydrogens (tertiary/aromatic N) is 1. The van der Waals surface area contributed by atoms with E-state index in [0.29, 0.717) is 0 Å². The van der Waals surface area contributed by atoms with E-state index >= 15 is 0 Å². The Morgan fingerprint density at radius 3 is 3.00 bits per heavy atom. The van der Waals surface area contributed by atoms with Gasteiger partial charge in [-0.05, 0) is 0 Å². The molecule has 1 N–H and O–H groups in total. The Bertz CT molecular complexity index is 50.6. The molecule has 2 radical (unpaired) electrons. The number of hydrogen-bond acceptors (Lipinski definition) is 2. The van der Waals surface area contributed by atoms with Gasteiger partial charge in [0.05, 0.1) is 0 Å². The van der Waals surface area contributed by atoms with E-state index in [1.807, 2.05) is 0 Å². The van der Waals surface area contributed by atoms with Crippen molar-refractivity contribution in [2.24, 2.45) is 4.99 Å². The highest BCUT2D eigenvalue weighted by atomic mass is 14.9. The fourth-order valence-corrected chi connectivity index (χ4v) is 0.348. The maximum absolute atomic E-state index is 3.74. The van der Waals surface area contributed by atoms with Gasteiger partial charge in [0.1, 0.15) is 6.54 Å². The minimum absolute atomic E-state index is 0.802. The third kappa shape index (κ3) is 0.792. The van der Waals surface area contributed by atoms with E-state index in [1.165, 1.54) is 0 Å². The molecule has 0 aliphatic carbocycles. The molecule has 0 spiro atoms. The Labute approximate surface area is 37.3 Å². The van der Waals surface area contributed by atoms with Crippen molar-refractivity contribution >= 4 is 6.21 Å². The van der Waals surface area contributed by atoms with Crippen LogP contribution in [-0.4, -0.2) is 19.3 Å². The molecule has 0 saturated heterocycles. The van der Waals surface area contributed by atoms with Crippen LogP contribution < -0.4 is 5.32 Å². The average Bonchev–Trinajstić information content (AvgIpc) is 1.72. The van der Waals surface area contributed by atoms with Crippen molar-refractivity contribution in [3.05, 3.63) is 6.54 Å². The minimum Gasteiger partial charge on any atom is -0.309 e. The molecule has 0 unspecified atom stereocenters. The lowest BCUT2D eigenvalue weighted by atomic mass is 10.5. The van der Waals surface area contributed by atoms with Gasteiger partial charge in [0, 0.05) is 19.3 Å². The molecule has 0 fully saturated rings. The lowest BCUT2D eigenvalue weighted by Gasteiger charge is -1.99. The molecular formula is C4H6N2. The number of aliphatic imine (C=N–C) groups is 1. The first-order valence-electron chi connectivity index (χ1n) is 1.95. The summed E-state index contributed by atoms with van der Waals surface area (Å²) in [5.74, 6) is 0. The molecule has 0 aromatic carbocycles. The molecule has 0 bridgehead atoms. The molecule has 0 amide bonds. The fourth-order valence-electron chi connectivity index (χ4n) is 0.348. The van der Waals surface area contributed by atoms with Gasteiger partial charge in [0.15, 0.2) is 0 Å². The molecule has 0 atom stereocenters. The summed E-state index contributed by atoms with van der Waals surface area (Å²) < 4.78 is 0. The van der Waals surface area contributed by atoms with Gasteiger partial charge >= 0.3 is 0 Å². The van der Waals surface area contributed by atoms with Gasteiger partial charge in [-0.15, -0.1) is 0 Å². The highest BCUT2D eigenvalue weighted by Crippen LogP contribution is 1.77. The van der Waals surface area contributed by atoms with Gasteiger partial charge < -0.3 is 5.32 Å². The second kappa shape index (κ2) is 1.92. The second-order valence-electron chi connectivity index (χ2n) is 1.10. The van der Waals surface area contributed by atoms with Crippen LogP contribution in [0.15, 0.2) is 4.99 Å². The van der Waals surface area contributed by atoms with Crippen LogP contribution in [0, 0.1) is 6.54 Å². The molecule has 0 saturated carbocycles. The third-order valence-corrected chi connectivity index (χ3v) is 0.622. The van der Waals surface area contributed by atoms with Gasteiger partial charge in [-0.3, -0.25) is 4.99 Å². The van der Waals surface area contributed by atoms with E-state index < -0.39 is 0 Å². The predicted molar refractivity (Wildman–Crippen MR) is 24.6 cm³/mol. The van der Waals surface area contributed by atoms with Crippen LogP contribution >= 0.6 is 0 Å². The Morgan fingerprint density at radius 1 is 1.83 bits per heavy atom. The molecule has 0 aromatic heterocycles. The van der Waals surface area contributed by atoms with Crippen molar-refractivity contribution in [1.82, 2.24) is 5.32 Å². The number of hydrogen-bond donors (Lipinski definition) is 1. The van der Waals surface area contributed by atoms with Crippen LogP contribution in [0.5, 0.6) is 0 Å². The van der Waals surface area contributed by atoms with E-state index in [2.05, 4.69) is 16.9 Å². The molecule has 32 valence electrons. The molecule has 0 aromatic rings. The predicted octanol–water partition coefficient (Wildman–Crippen LogP) is -0.301. The number of rotatable bonds is 0. The lowest BCUT2D eigenvalue weighted by molar-refractivity contribution is 0.804. The molecule has 1 aliphatic rings. The zero-order valence-corrected chi connectivity index (χ0v) is 3.44. The smallest absolute Gasteiger partial charge is 0.130 e. The maximum atomic E-state index is 3.74. The van der Waals surface area contributed by atoms with Crippen LogP contribution in [0.3, 0.4) is 0 Å². The summed E-state index contributed by atoms with van der Waals surface area (Å²) >= 11 is 0. The van der Waals surface area contributed by atoms with Crippen molar-refractivity contribution in [2.45, 2.75) is 0 Å². The van der Waals surface area contributed by atoms with Gasteiger partial charge in [0.2, 0.25) is 0 Å². The van der Waals surface area contributed by atoms with Crippen LogP contribution in [0.4, 0.5) is 0 Å². The van der Waals surface area contributed by atoms with Gasteiger partial charge in [-0.25, -0.2) is 0 Å². The largest absolute Gasteiger partial charge is 0.309 e. The summed E-state index contributed by atoms with van der Waals surface area (Å²) in [5, 5.41) is 3.02. The fraction of sp³-hybridized carbons (Fsp3) is 0.500. The standard InChI is InChI=1S/C4H6N2/c1-2-6-4-3-5-1/h1,6H,2,4H2. The molecule has 6 heavy (non-hydrogen) atoms. The Hall–Kier alpha value is -0.370. The van der Waals surface area contributed by atoms with Gasteiger partial charge in [0.25, 0.3) is 0 Å². The van der Waals surface area contributed by atoms with Gasteiger partial charge in [-0.1, -0.05) is 0 Å². The lowest BCUT2D eigenvalue weighted by Crippen LogP contribution is -2.21. The second-order valence-corrected chi connectivity index (χ2v) is 1.10. The van der Waals surface area contributed by atoms with Crippen LogP contribution in [0.2, 0.25) is 0 Å². The van der Waals surface area contributed by atoms with Crippen molar-refractivity contribution < 1.29 is 0 Å². The van der Waals surface area contributed by atoms with E-state index in [1.54, 1.807) is 6.21 Å². The molecule has 2 nitrogen and oxygen atoms in total. The summed E-state index contributed by atoms with van der Waals surface area (Å²) in [5.41, 5.74) is 0. The van der Waals surface area contributed by atoms with E-state index in [4.69, 9.17) is 0 Å². The molecule has 2 heteroatoms. The maximum Gasteiger partial charge on any atom is 0.130 e. The molecule has 1 aliphatic heterocycles. The summed E-state index contributed by atoms with van der Waals surface area (Å²) in [4.78, 5) is 3.74. The molecular weight excluding hydrogens is 76.1 g/mol. The Balaban J connectivity index is 2.26. The van der Waals surface area contributed by atoms with Crippen molar-refractivity contribution in [3.8, 4) is 0 Å². The summed E-state index contributed by atoms with van der Waals surface area (Å²) in [6, 6.07) is 0. The van der Waals surface area contributed by atoms with E-state index in [-0.39, 0.29) is 0 Å². The SMILES string of the molecule is [C]1CNCC=N1. The van der Waals surface area contributed by atoms with Crippen molar-refractivity contribution in [2.75, 3.05) is 13.1 Å². The summed E-state index contributed by atoms with van der Waals surface area (Å²) in [6.07, 6.45) is 1.80. The van der Waals surface area contributed by atoms with Crippen LogP contribution in [-0.2, 0) is 0 Å². The van der Waals surface area contributed by atoms with Crippen LogP contribution in [0.1, 0.15) is 0 Å². The minimum atomic E-state index is 0.802.